The number of aromatic nitrogens is 2. The Kier molecular flexibility index (Phi) is 6.54. The van der Waals surface area contributed by atoms with Crippen LogP contribution in [0.2, 0.25) is 0 Å². The van der Waals surface area contributed by atoms with Gasteiger partial charge in [0, 0.05) is 19.1 Å². The fourth-order valence-corrected chi connectivity index (χ4v) is 3.25. The third-order valence-electron chi connectivity index (χ3n) is 4.72. The number of nitrogens with one attached hydrogen (secondary N) is 2. The van der Waals surface area contributed by atoms with E-state index in [0.29, 0.717) is 19.1 Å². The maximum atomic E-state index is 12.2. The molecule has 144 valence electrons. The monoisotopic (exact) mass is 371 g/mol. The van der Waals surface area contributed by atoms with Crippen LogP contribution < -0.4 is 10.6 Å². The maximum Gasteiger partial charge on any atom is 0.315 e. The molecule has 2 heterocycles. The van der Waals surface area contributed by atoms with Gasteiger partial charge in [-0.1, -0.05) is 42.4 Å². The van der Waals surface area contributed by atoms with E-state index in [1.54, 1.807) is 0 Å². The second kappa shape index (κ2) is 9.27. The van der Waals surface area contributed by atoms with Gasteiger partial charge in [-0.15, -0.1) is 0 Å². The molecular weight excluding hydrogens is 346 g/mol. The van der Waals surface area contributed by atoms with E-state index in [4.69, 9.17) is 4.52 Å². The van der Waals surface area contributed by atoms with E-state index in [2.05, 4.69) is 32.6 Å². The minimum Gasteiger partial charge on any atom is -0.352 e. The Morgan fingerprint density at radius 2 is 2.07 bits per heavy atom. The van der Waals surface area contributed by atoms with Crippen molar-refractivity contribution in [2.24, 2.45) is 0 Å². The summed E-state index contributed by atoms with van der Waals surface area (Å²) >= 11 is 0. The molecule has 2 amide bonds. The third kappa shape index (κ3) is 5.37. The van der Waals surface area contributed by atoms with Gasteiger partial charge in [-0.2, -0.15) is 4.98 Å². The van der Waals surface area contributed by atoms with Gasteiger partial charge >= 0.3 is 11.8 Å². The van der Waals surface area contributed by atoms with E-state index in [1.165, 1.54) is 0 Å². The van der Waals surface area contributed by atoms with E-state index in [9.17, 15) is 9.59 Å². The number of amides is 2. The highest BCUT2D eigenvalue weighted by Gasteiger charge is 2.24. The molecule has 3 rings (SSSR count). The van der Waals surface area contributed by atoms with Gasteiger partial charge < -0.3 is 15.2 Å². The largest absolute Gasteiger partial charge is 0.352 e. The maximum absolute atomic E-state index is 12.2. The zero-order chi connectivity index (χ0) is 19.1. The smallest absolute Gasteiger partial charge is 0.315 e. The Balaban J connectivity index is 1.44. The number of carbonyl (C=O) groups is 2. The predicted molar refractivity (Wildman–Crippen MR) is 98.9 cm³/mol. The Hall–Kier alpha value is -2.74. The molecule has 1 aliphatic heterocycles. The number of likely N-dealkylation sites (tertiary alicyclic amines) is 1. The third-order valence-corrected chi connectivity index (χ3v) is 4.72. The predicted octanol–water partition coefficient (Wildman–Crippen LogP) is 1.14. The van der Waals surface area contributed by atoms with Crippen molar-refractivity contribution >= 4 is 11.8 Å². The van der Waals surface area contributed by atoms with Gasteiger partial charge in [-0.3, -0.25) is 14.5 Å². The highest BCUT2D eigenvalue weighted by atomic mass is 16.5. The summed E-state index contributed by atoms with van der Waals surface area (Å²) in [4.78, 5) is 30.5. The first-order chi connectivity index (χ1) is 13.2. The zero-order valence-electron chi connectivity index (χ0n) is 15.5. The molecule has 1 fully saturated rings. The molecule has 0 bridgehead atoms. The molecule has 2 N–H and O–H groups in total. The van der Waals surface area contributed by atoms with Crippen LogP contribution in [0.15, 0.2) is 34.9 Å². The van der Waals surface area contributed by atoms with Crippen molar-refractivity contribution in [1.82, 2.24) is 25.7 Å². The van der Waals surface area contributed by atoms with Crippen molar-refractivity contribution in [1.29, 1.82) is 0 Å². The first-order valence-electron chi connectivity index (χ1n) is 9.31. The fourth-order valence-electron chi connectivity index (χ4n) is 3.25. The molecule has 0 saturated carbocycles. The van der Waals surface area contributed by atoms with Crippen LogP contribution in [-0.2, 0) is 17.8 Å². The molecular formula is C19H25N5O3. The molecule has 0 radical (unpaired) electrons. The molecule has 1 aromatic carbocycles. The molecule has 1 aromatic heterocycles. The molecule has 27 heavy (non-hydrogen) atoms. The Morgan fingerprint density at radius 3 is 2.85 bits per heavy atom. The van der Waals surface area contributed by atoms with Gasteiger partial charge in [-0.25, -0.2) is 0 Å². The Labute approximate surface area is 158 Å². The molecule has 1 atom stereocenters. The van der Waals surface area contributed by atoms with Gasteiger partial charge in [0.1, 0.15) is 0 Å². The Bertz CT molecular complexity index is 762. The van der Waals surface area contributed by atoms with Crippen LogP contribution in [0.25, 0.3) is 0 Å². The van der Waals surface area contributed by atoms with Crippen LogP contribution in [0.4, 0.5) is 0 Å². The standard InChI is InChI=1S/C19H25N5O3/c1-2-24-10-6-9-15(24)13-21-18(26)19-22-16(23-27-19)11-17(25)20-12-14-7-4-3-5-8-14/h3-5,7-8,15H,2,6,9-13H2,1H3,(H,20,25)(H,21,26). The van der Waals surface area contributed by atoms with E-state index < -0.39 is 5.91 Å². The summed E-state index contributed by atoms with van der Waals surface area (Å²) in [6.45, 7) is 5.15. The van der Waals surface area contributed by atoms with Crippen LogP contribution in [-0.4, -0.2) is 52.5 Å². The quantitative estimate of drug-likeness (QED) is 0.722. The van der Waals surface area contributed by atoms with E-state index in [-0.39, 0.29) is 24.0 Å². The summed E-state index contributed by atoms with van der Waals surface area (Å²) in [5.41, 5.74) is 1.01. The van der Waals surface area contributed by atoms with Crippen LogP contribution in [0.5, 0.6) is 0 Å². The van der Waals surface area contributed by atoms with Gasteiger partial charge in [0.2, 0.25) is 5.91 Å². The fraction of sp³-hybridized carbons (Fsp3) is 0.474. The van der Waals surface area contributed by atoms with E-state index in [1.807, 2.05) is 30.3 Å². The van der Waals surface area contributed by atoms with Crippen LogP contribution in [0.3, 0.4) is 0 Å². The molecule has 1 unspecified atom stereocenters. The van der Waals surface area contributed by atoms with Gasteiger partial charge in [0.05, 0.1) is 6.42 Å². The number of benzene rings is 1. The highest BCUT2D eigenvalue weighted by Crippen LogP contribution is 2.15. The van der Waals surface area contributed by atoms with E-state index >= 15 is 0 Å². The normalized spacial score (nSPS) is 17.0. The van der Waals surface area contributed by atoms with Crippen molar-refractivity contribution in [3.63, 3.8) is 0 Å². The number of nitrogens with zero attached hydrogens (tertiary/aromatic N) is 3. The lowest BCUT2D eigenvalue weighted by atomic mass is 10.2. The van der Waals surface area contributed by atoms with Crippen molar-refractivity contribution < 1.29 is 14.1 Å². The lowest BCUT2D eigenvalue weighted by molar-refractivity contribution is -0.120. The summed E-state index contributed by atoms with van der Waals surface area (Å²) in [6.07, 6.45) is 2.19. The second-order valence-electron chi connectivity index (χ2n) is 6.59. The lowest BCUT2D eigenvalue weighted by Gasteiger charge is -2.22. The van der Waals surface area contributed by atoms with Crippen molar-refractivity contribution in [3.8, 4) is 0 Å². The average molecular weight is 371 g/mol. The molecule has 8 heteroatoms. The molecule has 8 nitrogen and oxygen atoms in total. The van der Waals surface area contributed by atoms with Crippen LogP contribution >= 0.6 is 0 Å². The van der Waals surface area contributed by atoms with Gasteiger partial charge in [0.15, 0.2) is 5.82 Å². The van der Waals surface area contributed by atoms with E-state index in [0.717, 1.165) is 31.5 Å². The van der Waals surface area contributed by atoms with Crippen molar-refractivity contribution in [2.45, 2.75) is 38.8 Å². The summed E-state index contributed by atoms with van der Waals surface area (Å²) in [5.74, 6) is -0.541. The Morgan fingerprint density at radius 1 is 1.26 bits per heavy atom. The minimum absolute atomic E-state index is 0.0319. The summed E-state index contributed by atoms with van der Waals surface area (Å²) < 4.78 is 4.99. The molecule has 0 spiro atoms. The summed E-state index contributed by atoms with van der Waals surface area (Å²) in [6, 6.07) is 9.96. The number of likely N-dealkylation sites (N-methyl/N-ethyl adjacent to an activating group) is 1. The molecule has 1 aliphatic rings. The average Bonchev–Trinajstić information content (AvgIpc) is 3.34. The number of hydrogen-bond acceptors (Lipinski definition) is 6. The number of carbonyl (C=O) groups excluding carboxylic acids is 2. The zero-order valence-corrected chi connectivity index (χ0v) is 15.5. The van der Waals surface area contributed by atoms with Crippen LogP contribution in [0.1, 0.15) is 41.8 Å². The second-order valence-corrected chi connectivity index (χ2v) is 6.59. The van der Waals surface area contributed by atoms with Crippen molar-refractivity contribution in [3.05, 3.63) is 47.6 Å². The first kappa shape index (κ1) is 19.0. The molecule has 0 aliphatic carbocycles. The van der Waals surface area contributed by atoms with Gasteiger partial charge in [0.25, 0.3) is 0 Å². The minimum atomic E-state index is -0.401. The van der Waals surface area contributed by atoms with Crippen LogP contribution in [0, 0.1) is 0 Å². The molecule has 1 saturated heterocycles. The summed E-state index contributed by atoms with van der Waals surface area (Å²) in [5, 5.41) is 9.36. The number of hydrogen-bond donors (Lipinski definition) is 2. The van der Waals surface area contributed by atoms with Gasteiger partial charge in [-0.05, 0) is 31.5 Å². The highest BCUT2D eigenvalue weighted by molar-refractivity contribution is 5.89. The first-order valence-corrected chi connectivity index (χ1v) is 9.31. The topological polar surface area (TPSA) is 100 Å². The number of rotatable bonds is 8. The van der Waals surface area contributed by atoms with Crippen molar-refractivity contribution in [2.75, 3.05) is 19.6 Å². The SMILES string of the molecule is CCN1CCCC1CNC(=O)c1nc(CC(=O)NCc2ccccc2)no1. The summed E-state index contributed by atoms with van der Waals surface area (Å²) in [7, 11) is 0. The lowest BCUT2D eigenvalue weighted by Crippen LogP contribution is -2.40. The molecule has 2 aromatic rings.